The minimum atomic E-state index is -0.604. The van der Waals surface area contributed by atoms with Crippen LogP contribution in [0.3, 0.4) is 0 Å². The molecule has 0 spiro atoms. The van der Waals surface area contributed by atoms with Gasteiger partial charge >= 0.3 is 6.09 Å². The maximum atomic E-state index is 12.6. The van der Waals surface area contributed by atoms with Crippen molar-refractivity contribution in [1.82, 2.24) is 4.57 Å². The number of benzene rings is 1. The molecule has 0 aliphatic heterocycles. The zero-order valence-corrected chi connectivity index (χ0v) is 14.5. The van der Waals surface area contributed by atoms with Gasteiger partial charge in [-0.25, -0.2) is 9.36 Å². The van der Waals surface area contributed by atoms with E-state index in [1.807, 2.05) is 39.0 Å². The highest BCUT2D eigenvalue weighted by Crippen LogP contribution is 2.34. The molecule has 0 bridgehead atoms. The summed E-state index contributed by atoms with van der Waals surface area (Å²) in [6.45, 7) is 5.46. The van der Waals surface area contributed by atoms with Crippen LogP contribution in [-0.4, -0.2) is 22.0 Å². The Morgan fingerprint density at radius 1 is 1.27 bits per heavy atom. The molecule has 4 nitrogen and oxygen atoms in total. The molecule has 1 aliphatic rings. The molecule has 0 atom stereocenters. The molecule has 0 N–H and O–H groups in total. The van der Waals surface area contributed by atoms with Crippen LogP contribution >= 0.6 is 15.9 Å². The summed E-state index contributed by atoms with van der Waals surface area (Å²) in [5.41, 5.74) is 1.58. The number of ether oxygens (including phenoxy) is 1. The zero-order valence-electron chi connectivity index (χ0n) is 12.9. The molecule has 0 fully saturated rings. The smallest absolute Gasteiger partial charge is 0.419 e. The van der Waals surface area contributed by atoms with Gasteiger partial charge in [0, 0.05) is 16.3 Å². The molecule has 1 aromatic carbocycles. The molecule has 1 aromatic heterocycles. The highest BCUT2D eigenvalue weighted by atomic mass is 79.9. The number of rotatable bonds is 0. The lowest BCUT2D eigenvalue weighted by Crippen LogP contribution is -2.29. The topological polar surface area (TPSA) is 48.3 Å². The summed E-state index contributed by atoms with van der Waals surface area (Å²) in [6.07, 6.45) is 1.62. The van der Waals surface area contributed by atoms with E-state index in [4.69, 9.17) is 4.74 Å². The molecule has 0 saturated carbocycles. The van der Waals surface area contributed by atoms with Crippen LogP contribution in [0.2, 0.25) is 0 Å². The minimum Gasteiger partial charge on any atom is -0.443 e. The van der Waals surface area contributed by atoms with Crippen LogP contribution in [0, 0.1) is 0 Å². The molecule has 1 aliphatic carbocycles. The number of nitrogens with zero attached hydrogens (tertiary/aromatic N) is 1. The van der Waals surface area contributed by atoms with Crippen molar-refractivity contribution in [2.75, 3.05) is 0 Å². The van der Waals surface area contributed by atoms with Gasteiger partial charge in [-0.3, -0.25) is 4.79 Å². The molecule has 116 valence electrons. The Bertz CT molecular complexity index is 783. The van der Waals surface area contributed by atoms with E-state index in [1.165, 1.54) is 4.57 Å². The molecule has 0 amide bonds. The van der Waals surface area contributed by atoms with Crippen molar-refractivity contribution in [2.45, 2.75) is 45.6 Å². The average molecular weight is 364 g/mol. The summed E-state index contributed by atoms with van der Waals surface area (Å²) in [6, 6.07) is 5.70. The quantitative estimate of drug-likeness (QED) is 0.681. The highest BCUT2D eigenvalue weighted by Gasteiger charge is 2.30. The fourth-order valence-corrected chi connectivity index (χ4v) is 3.28. The monoisotopic (exact) mass is 363 g/mol. The normalized spacial score (nSPS) is 15.0. The molecule has 2 aromatic rings. The summed E-state index contributed by atoms with van der Waals surface area (Å²) in [5.74, 6) is 0.0134. The van der Waals surface area contributed by atoms with Crippen LogP contribution in [0.4, 0.5) is 4.79 Å². The summed E-state index contributed by atoms with van der Waals surface area (Å²) in [4.78, 5) is 25.0. The lowest BCUT2D eigenvalue weighted by molar-refractivity contribution is 0.0534. The van der Waals surface area contributed by atoms with E-state index < -0.39 is 11.7 Å². The molecule has 5 heteroatoms. The van der Waals surface area contributed by atoms with E-state index >= 15 is 0 Å². The third-order valence-corrected chi connectivity index (χ3v) is 4.20. The van der Waals surface area contributed by atoms with Crippen molar-refractivity contribution >= 4 is 38.7 Å². The summed E-state index contributed by atoms with van der Waals surface area (Å²) < 4.78 is 7.88. The van der Waals surface area contributed by atoms with Gasteiger partial charge in [0.05, 0.1) is 11.2 Å². The van der Waals surface area contributed by atoms with Gasteiger partial charge in [-0.05, 0) is 57.4 Å². The number of hydrogen-bond donors (Lipinski definition) is 0. The van der Waals surface area contributed by atoms with Crippen molar-refractivity contribution in [3.05, 3.63) is 33.9 Å². The first-order valence-electron chi connectivity index (χ1n) is 7.37. The molecule has 1 heterocycles. The van der Waals surface area contributed by atoms with Crippen LogP contribution in [0.5, 0.6) is 0 Å². The largest absolute Gasteiger partial charge is 0.443 e. The third kappa shape index (κ3) is 2.58. The fourth-order valence-electron chi connectivity index (χ4n) is 2.92. The molecule has 3 rings (SSSR count). The van der Waals surface area contributed by atoms with Crippen molar-refractivity contribution < 1.29 is 14.3 Å². The second-order valence-electron chi connectivity index (χ2n) is 6.58. The summed E-state index contributed by atoms with van der Waals surface area (Å²) >= 11 is 3.46. The molecular weight excluding hydrogens is 346 g/mol. The van der Waals surface area contributed by atoms with Gasteiger partial charge in [0.1, 0.15) is 5.60 Å². The Kier molecular flexibility index (Phi) is 3.63. The van der Waals surface area contributed by atoms with Gasteiger partial charge in [-0.2, -0.15) is 0 Å². The summed E-state index contributed by atoms with van der Waals surface area (Å²) in [5, 5.41) is 0.947. The first-order valence-corrected chi connectivity index (χ1v) is 8.16. The van der Waals surface area contributed by atoms with Gasteiger partial charge in [0.15, 0.2) is 5.78 Å². The van der Waals surface area contributed by atoms with E-state index in [-0.39, 0.29) is 5.78 Å². The highest BCUT2D eigenvalue weighted by molar-refractivity contribution is 9.10. The summed E-state index contributed by atoms with van der Waals surface area (Å²) in [7, 11) is 0. The number of Topliss-reactive ketones (excluding diaryl/α,β-unsaturated/α-hetero) is 1. The van der Waals surface area contributed by atoms with Crippen molar-refractivity contribution in [2.24, 2.45) is 0 Å². The van der Waals surface area contributed by atoms with E-state index in [1.54, 1.807) is 0 Å². The molecular formula is C17H18BrNO3. The maximum absolute atomic E-state index is 12.6. The molecule has 22 heavy (non-hydrogen) atoms. The zero-order chi connectivity index (χ0) is 16.1. The second kappa shape index (κ2) is 5.23. The first kappa shape index (κ1) is 15.3. The number of fused-ring (bicyclic) bond motifs is 3. The lowest BCUT2D eigenvalue weighted by Gasteiger charge is -2.21. The van der Waals surface area contributed by atoms with Gasteiger partial charge in [0.25, 0.3) is 0 Å². The lowest BCUT2D eigenvalue weighted by atomic mass is 9.94. The van der Waals surface area contributed by atoms with Crippen LogP contribution in [-0.2, 0) is 11.2 Å². The number of carbonyl (C=O) groups excluding carboxylic acids is 2. The molecule has 0 saturated heterocycles. The van der Waals surface area contributed by atoms with Crippen molar-refractivity contribution in [3.8, 4) is 0 Å². The standard InChI is InChI=1S/C17H18BrNO3/c1-17(2,3)22-16(21)19-13-8-7-10(18)9-12(13)11-5-4-6-14(20)15(11)19/h7-9H,4-6H2,1-3H3. The van der Waals surface area contributed by atoms with Gasteiger partial charge in [-0.1, -0.05) is 15.9 Å². The predicted molar refractivity (Wildman–Crippen MR) is 88.5 cm³/mol. The number of ketones is 1. The van der Waals surface area contributed by atoms with Crippen LogP contribution in [0.25, 0.3) is 10.9 Å². The number of carbonyl (C=O) groups is 2. The van der Waals surface area contributed by atoms with Gasteiger partial charge in [0.2, 0.25) is 0 Å². The number of halogens is 1. The predicted octanol–water partition coefficient (Wildman–Crippen LogP) is 4.71. The van der Waals surface area contributed by atoms with E-state index in [9.17, 15) is 9.59 Å². The van der Waals surface area contributed by atoms with Crippen molar-refractivity contribution in [1.29, 1.82) is 0 Å². The molecule has 0 unspecified atom stereocenters. The van der Waals surface area contributed by atoms with E-state index in [2.05, 4.69) is 15.9 Å². The van der Waals surface area contributed by atoms with Gasteiger partial charge in [-0.15, -0.1) is 0 Å². The Morgan fingerprint density at radius 3 is 2.68 bits per heavy atom. The van der Waals surface area contributed by atoms with E-state index in [0.29, 0.717) is 12.1 Å². The Morgan fingerprint density at radius 2 is 2.00 bits per heavy atom. The number of aromatic nitrogens is 1. The van der Waals surface area contributed by atoms with Crippen LogP contribution in [0.1, 0.15) is 49.7 Å². The SMILES string of the molecule is CC(C)(C)OC(=O)n1c2c(c3cc(Br)ccc31)CCCC2=O. The Hall–Kier alpha value is -1.62. The average Bonchev–Trinajstić information content (AvgIpc) is 2.72. The van der Waals surface area contributed by atoms with Gasteiger partial charge < -0.3 is 4.74 Å². The second-order valence-corrected chi connectivity index (χ2v) is 7.50. The Labute approximate surface area is 137 Å². The maximum Gasteiger partial charge on any atom is 0.419 e. The number of aryl methyl sites for hydroxylation is 1. The van der Waals surface area contributed by atoms with Crippen molar-refractivity contribution in [3.63, 3.8) is 0 Å². The number of hydrogen-bond acceptors (Lipinski definition) is 3. The molecule has 0 radical (unpaired) electrons. The van der Waals surface area contributed by atoms with Crippen LogP contribution in [0.15, 0.2) is 22.7 Å². The fraction of sp³-hybridized carbons (Fsp3) is 0.412. The third-order valence-electron chi connectivity index (χ3n) is 3.70. The minimum absolute atomic E-state index is 0.0134. The van der Waals surface area contributed by atoms with Crippen LogP contribution < -0.4 is 0 Å². The first-order chi connectivity index (χ1) is 10.3. The Balaban J connectivity index is 2.26. The van der Waals surface area contributed by atoms with E-state index in [0.717, 1.165) is 33.8 Å².